The van der Waals surface area contributed by atoms with E-state index in [9.17, 15) is 13.2 Å². The number of aryl methyl sites for hydroxylation is 1. The van der Waals surface area contributed by atoms with E-state index in [1.807, 2.05) is 30.3 Å². The molecule has 0 saturated heterocycles. The van der Waals surface area contributed by atoms with Crippen LogP contribution in [0.3, 0.4) is 0 Å². The Labute approximate surface area is 182 Å². The summed E-state index contributed by atoms with van der Waals surface area (Å²) in [4.78, 5) is 13.8. The van der Waals surface area contributed by atoms with Crippen molar-refractivity contribution >= 4 is 27.3 Å². The Morgan fingerprint density at radius 3 is 2.45 bits per heavy atom. The molecule has 1 aliphatic rings. The molecule has 0 atom stereocenters. The van der Waals surface area contributed by atoms with E-state index in [0.717, 1.165) is 24.1 Å². The van der Waals surface area contributed by atoms with Gasteiger partial charge in [-0.1, -0.05) is 30.3 Å². The molecule has 1 aliphatic heterocycles. The second-order valence-electron chi connectivity index (χ2n) is 7.42. The number of carbonyl (C=O) groups is 1. The summed E-state index contributed by atoms with van der Waals surface area (Å²) in [5.74, 6) is 1.03. The normalized spacial score (nSPS) is 13.4. The molecule has 0 saturated carbocycles. The highest BCUT2D eigenvalue weighted by Crippen LogP contribution is 2.36. The number of hydrogen-bond donors (Lipinski definition) is 0. The maximum Gasteiger partial charge on any atom is 0.264 e. The van der Waals surface area contributed by atoms with Crippen LogP contribution in [0, 0.1) is 0 Å². The molecule has 0 bridgehead atoms. The van der Waals surface area contributed by atoms with Crippen molar-refractivity contribution in [2.45, 2.75) is 24.7 Å². The molecule has 31 heavy (non-hydrogen) atoms. The lowest BCUT2D eigenvalue weighted by atomic mass is 10.0. The highest BCUT2D eigenvalue weighted by molar-refractivity contribution is 7.92. The Morgan fingerprint density at radius 1 is 1.00 bits per heavy atom. The molecule has 1 amide bonds. The van der Waals surface area contributed by atoms with Crippen LogP contribution < -0.4 is 13.9 Å². The smallest absolute Gasteiger partial charge is 0.264 e. The molecule has 0 radical (unpaired) electrons. The zero-order valence-electron chi connectivity index (χ0n) is 17.5. The first-order chi connectivity index (χ1) is 14.9. The minimum absolute atomic E-state index is 0.0411. The molecular weight excluding hydrogens is 412 g/mol. The van der Waals surface area contributed by atoms with Crippen LogP contribution >= 0.6 is 0 Å². The number of para-hydroxylation sites is 3. The molecule has 0 fully saturated rings. The van der Waals surface area contributed by atoms with Crippen molar-refractivity contribution in [2.75, 3.05) is 22.8 Å². The average Bonchev–Trinajstić information content (AvgIpc) is 2.78. The van der Waals surface area contributed by atoms with Gasteiger partial charge < -0.3 is 9.64 Å². The van der Waals surface area contributed by atoms with E-state index in [-0.39, 0.29) is 10.8 Å². The number of hydrogen-bond acceptors (Lipinski definition) is 4. The lowest BCUT2D eigenvalue weighted by Gasteiger charge is -2.29. The highest BCUT2D eigenvalue weighted by Gasteiger charge is 2.27. The monoisotopic (exact) mass is 436 g/mol. The van der Waals surface area contributed by atoms with Gasteiger partial charge >= 0.3 is 0 Å². The summed E-state index contributed by atoms with van der Waals surface area (Å²) in [5.41, 5.74) is 2.09. The van der Waals surface area contributed by atoms with Gasteiger partial charge in [-0.2, -0.15) is 0 Å². The second kappa shape index (κ2) is 8.43. The van der Waals surface area contributed by atoms with Crippen molar-refractivity contribution in [3.63, 3.8) is 0 Å². The zero-order chi connectivity index (χ0) is 22.0. The topological polar surface area (TPSA) is 66.9 Å². The lowest BCUT2D eigenvalue weighted by Crippen LogP contribution is -2.34. The maximum absolute atomic E-state index is 13.4. The fourth-order valence-electron chi connectivity index (χ4n) is 3.77. The summed E-state index contributed by atoms with van der Waals surface area (Å²) < 4.78 is 34.0. The van der Waals surface area contributed by atoms with E-state index in [1.165, 1.54) is 18.3 Å². The zero-order valence-corrected chi connectivity index (χ0v) is 18.3. The highest BCUT2D eigenvalue weighted by atomic mass is 32.2. The molecule has 0 aliphatic carbocycles. The third kappa shape index (κ3) is 4.14. The minimum Gasteiger partial charge on any atom is -0.455 e. The van der Waals surface area contributed by atoms with Crippen LogP contribution in [0.4, 0.5) is 11.4 Å². The Bertz CT molecular complexity index is 1210. The predicted molar refractivity (Wildman–Crippen MR) is 121 cm³/mol. The molecule has 7 heteroatoms. The fraction of sp³-hybridized carbons (Fsp3) is 0.208. The summed E-state index contributed by atoms with van der Waals surface area (Å²) in [5, 5.41) is 0. The van der Waals surface area contributed by atoms with Gasteiger partial charge in [0.15, 0.2) is 5.75 Å². The SMILES string of the molecule is CC(=O)N1CCCc2cc(S(=O)(=O)N(C)c3ccccc3Oc3ccccc3)ccc21. The predicted octanol–water partition coefficient (Wildman–Crippen LogP) is 4.60. The standard InChI is InChI=1S/C24H24N2O4S/c1-18(27)26-16-8-9-19-17-21(14-15-22(19)26)31(28,29)25(2)23-12-6-7-13-24(23)30-20-10-4-3-5-11-20/h3-7,10-15,17H,8-9,16H2,1-2H3. The lowest BCUT2D eigenvalue weighted by molar-refractivity contribution is -0.116. The van der Waals surface area contributed by atoms with Gasteiger partial charge in [0.25, 0.3) is 10.0 Å². The first-order valence-electron chi connectivity index (χ1n) is 10.1. The molecule has 0 N–H and O–H groups in total. The van der Waals surface area contributed by atoms with Gasteiger partial charge in [-0.05, 0) is 60.9 Å². The summed E-state index contributed by atoms with van der Waals surface area (Å²) in [6, 6.07) is 21.2. The Morgan fingerprint density at radius 2 is 1.71 bits per heavy atom. The molecule has 160 valence electrons. The summed E-state index contributed by atoms with van der Waals surface area (Å²) in [7, 11) is -2.31. The van der Waals surface area contributed by atoms with Gasteiger partial charge in [0.05, 0.1) is 10.6 Å². The van der Waals surface area contributed by atoms with Gasteiger partial charge in [0.2, 0.25) is 5.91 Å². The van der Waals surface area contributed by atoms with Crippen LogP contribution in [-0.4, -0.2) is 27.9 Å². The molecular formula is C24H24N2O4S. The number of anilines is 2. The average molecular weight is 437 g/mol. The number of carbonyl (C=O) groups excluding carboxylic acids is 1. The van der Waals surface area contributed by atoms with Crippen LogP contribution in [-0.2, 0) is 21.2 Å². The Kier molecular flexibility index (Phi) is 5.69. The van der Waals surface area contributed by atoms with Crippen molar-refractivity contribution in [3.8, 4) is 11.5 Å². The van der Waals surface area contributed by atoms with Crippen molar-refractivity contribution in [3.05, 3.63) is 78.4 Å². The molecule has 0 unspecified atom stereocenters. The molecule has 4 rings (SSSR count). The number of fused-ring (bicyclic) bond motifs is 1. The second-order valence-corrected chi connectivity index (χ2v) is 9.39. The molecule has 0 spiro atoms. The van der Waals surface area contributed by atoms with Gasteiger partial charge in [0, 0.05) is 26.2 Å². The number of ether oxygens (including phenoxy) is 1. The van der Waals surface area contributed by atoms with E-state index in [4.69, 9.17) is 4.74 Å². The van der Waals surface area contributed by atoms with E-state index in [1.54, 1.807) is 47.4 Å². The third-order valence-corrected chi connectivity index (χ3v) is 7.15. The van der Waals surface area contributed by atoms with Gasteiger partial charge in [-0.15, -0.1) is 0 Å². The fourth-order valence-corrected chi connectivity index (χ4v) is 5.02. The Hall–Kier alpha value is -3.32. The number of benzene rings is 3. The van der Waals surface area contributed by atoms with Crippen molar-refractivity contribution in [1.82, 2.24) is 0 Å². The third-order valence-electron chi connectivity index (χ3n) is 5.38. The number of rotatable bonds is 5. The van der Waals surface area contributed by atoms with Crippen molar-refractivity contribution < 1.29 is 17.9 Å². The molecule has 0 aromatic heterocycles. The van der Waals surface area contributed by atoms with Crippen LogP contribution in [0.15, 0.2) is 77.7 Å². The van der Waals surface area contributed by atoms with E-state index < -0.39 is 10.0 Å². The van der Waals surface area contributed by atoms with Crippen molar-refractivity contribution in [1.29, 1.82) is 0 Å². The number of sulfonamides is 1. The van der Waals surface area contributed by atoms with Crippen LogP contribution in [0.5, 0.6) is 11.5 Å². The van der Waals surface area contributed by atoms with Crippen LogP contribution in [0.25, 0.3) is 0 Å². The first-order valence-corrected chi connectivity index (χ1v) is 11.5. The largest absolute Gasteiger partial charge is 0.455 e. The summed E-state index contributed by atoms with van der Waals surface area (Å²) in [6.45, 7) is 2.18. The van der Waals surface area contributed by atoms with Crippen LogP contribution in [0.1, 0.15) is 18.9 Å². The molecule has 3 aromatic rings. The molecule has 6 nitrogen and oxygen atoms in total. The summed E-state index contributed by atoms with van der Waals surface area (Å²) in [6.07, 6.45) is 1.54. The van der Waals surface area contributed by atoms with E-state index in [2.05, 4.69) is 0 Å². The number of amides is 1. The van der Waals surface area contributed by atoms with Crippen molar-refractivity contribution in [2.24, 2.45) is 0 Å². The van der Waals surface area contributed by atoms with E-state index in [0.29, 0.717) is 23.7 Å². The molecule has 1 heterocycles. The minimum atomic E-state index is -3.83. The molecule has 3 aromatic carbocycles. The number of nitrogens with zero attached hydrogens (tertiary/aromatic N) is 2. The van der Waals surface area contributed by atoms with Gasteiger partial charge in [-0.3, -0.25) is 9.10 Å². The van der Waals surface area contributed by atoms with E-state index >= 15 is 0 Å². The van der Waals surface area contributed by atoms with Gasteiger partial charge in [0.1, 0.15) is 5.75 Å². The van der Waals surface area contributed by atoms with Crippen LogP contribution in [0.2, 0.25) is 0 Å². The Balaban J connectivity index is 1.68. The maximum atomic E-state index is 13.4. The summed E-state index contributed by atoms with van der Waals surface area (Å²) >= 11 is 0. The first kappa shape index (κ1) is 20.9. The quantitative estimate of drug-likeness (QED) is 0.586. The van der Waals surface area contributed by atoms with Gasteiger partial charge in [-0.25, -0.2) is 8.42 Å².